The van der Waals surface area contributed by atoms with Crippen LogP contribution in [0.2, 0.25) is 0 Å². The Kier molecular flexibility index (Phi) is 7.55. The van der Waals surface area contributed by atoms with E-state index in [0.717, 1.165) is 42.2 Å². The number of anilines is 1. The summed E-state index contributed by atoms with van der Waals surface area (Å²) in [6, 6.07) is 0. The normalized spacial score (nSPS) is 18.9. The summed E-state index contributed by atoms with van der Waals surface area (Å²) in [5.41, 5.74) is 1.58. The summed E-state index contributed by atoms with van der Waals surface area (Å²) in [6.45, 7) is 2.22. The van der Waals surface area contributed by atoms with E-state index in [1.54, 1.807) is 0 Å². The molecule has 1 unspecified atom stereocenters. The number of hydrogen-bond donors (Lipinski definition) is 1. The molecule has 0 bridgehead atoms. The van der Waals surface area contributed by atoms with Crippen molar-refractivity contribution >= 4 is 40.0 Å². The lowest BCUT2D eigenvalue weighted by atomic mass is 9.87. The number of aromatic nitrogens is 3. The quantitative estimate of drug-likeness (QED) is 0.463. The smallest absolute Gasteiger partial charge is 0.341 e. The van der Waals surface area contributed by atoms with Gasteiger partial charge in [-0.25, -0.2) is 4.79 Å². The van der Waals surface area contributed by atoms with E-state index in [1.165, 1.54) is 67.2 Å². The summed E-state index contributed by atoms with van der Waals surface area (Å²) < 4.78 is 7.02. The summed E-state index contributed by atoms with van der Waals surface area (Å²) in [5.74, 6) is 1.97. The molecule has 0 radical (unpaired) electrons. The maximum Gasteiger partial charge on any atom is 0.341 e. The number of methoxy groups -OCH3 is 1. The second-order valence-electron chi connectivity index (χ2n) is 9.05. The molecule has 0 aromatic carbocycles. The molecule has 1 fully saturated rings. The molecule has 7 nitrogen and oxygen atoms in total. The van der Waals surface area contributed by atoms with Gasteiger partial charge in [0.1, 0.15) is 10.8 Å². The topological polar surface area (TPSA) is 86.1 Å². The lowest BCUT2D eigenvalue weighted by Gasteiger charge is -2.20. The number of esters is 1. The Morgan fingerprint density at radius 3 is 2.75 bits per heavy atom. The van der Waals surface area contributed by atoms with Crippen LogP contribution < -0.4 is 5.32 Å². The predicted molar refractivity (Wildman–Crippen MR) is 127 cm³/mol. The van der Waals surface area contributed by atoms with Crippen LogP contribution in [0.3, 0.4) is 0 Å². The van der Waals surface area contributed by atoms with E-state index in [2.05, 4.69) is 22.4 Å². The molecule has 0 saturated heterocycles. The summed E-state index contributed by atoms with van der Waals surface area (Å²) >= 11 is 2.89. The molecule has 2 heterocycles. The van der Waals surface area contributed by atoms with Crippen LogP contribution in [0, 0.1) is 11.8 Å². The Morgan fingerprint density at radius 2 is 2.00 bits per heavy atom. The van der Waals surface area contributed by atoms with E-state index in [-0.39, 0.29) is 17.6 Å². The summed E-state index contributed by atoms with van der Waals surface area (Å²) in [7, 11) is 3.36. The minimum absolute atomic E-state index is 0.149. The van der Waals surface area contributed by atoms with Crippen molar-refractivity contribution in [2.75, 3.05) is 18.2 Å². The maximum absolute atomic E-state index is 12.7. The predicted octanol–water partition coefficient (Wildman–Crippen LogP) is 4.64. The molecule has 0 spiro atoms. The van der Waals surface area contributed by atoms with E-state index in [9.17, 15) is 9.59 Å². The maximum atomic E-state index is 12.7. The molecule has 0 aliphatic heterocycles. The van der Waals surface area contributed by atoms with Crippen molar-refractivity contribution < 1.29 is 14.3 Å². The SMILES string of the molecule is COC(=O)c1c(NC(=O)CSc2nnc(CC3CCCCC3)n2C)sc2c1CCC(C)C2. The van der Waals surface area contributed by atoms with Gasteiger partial charge in [-0.1, -0.05) is 50.8 Å². The molecular weight excluding hydrogens is 444 g/mol. The molecule has 4 rings (SSSR count). The third-order valence-electron chi connectivity index (χ3n) is 6.61. The zero-order valence-electron chi connectivity index (χ0n) is 19.1. The van der Waals surface area contributed by atoms with Crippen molar-refractivity contribution in [2.45, 2.75) is 69.9 Å². The van der Waals surface area contributed by atoms with Crippen LogP contribution in [0.15, 0.2) is 5.16 Å². The van der Waals surface area contributed by atoms with Crippen LogP contribution in [0.25, 0.3) is 0 Å². The van der Waals surface area contributed by atoms with Gasteiger partial charge in [0.05, 0.1) is 18.4 Å². The number of hydrogen-bond acceptors (Lipinski definition) is 7. The van der Waals surface area contributed by atoms with E-state index in [4.69, 9.17) is 4.74 Å². The first-order valence-electron chi connectivity index (χ1n) is 11.5. The van der Waals surface area contributed by atoms with Gasteiger partial charge in [0.2, 0.25) is 5.91 Å². The highest BCUT2D eigenvalue weighted by Gasteiger charge is 2.29. The van der Waals surface area contributed by atoms with Crippen LogP contribution in [0.4, 0.5) is 5.00 Å². The molecule has 1 saturated carbocycles. The van der Waals surface area contributed by atoms with Gasteiger partial charge in [0, 0.05) is 18.3 Å². The Bertz CT molecular complexity index is 978. The highest BCUT2D eigenvalue weighted by Crippen LogP contribution is 2.40. The number of carbonyl (C=O) groups is 2. The first-order chi connectivity index (χ1) is 15.5. The van der Waals surface area contributed by atoms with Gasteiger partial charge in [-0.2, -0.15) is 0 Å². The molecular formula is C23H32N4O3S2. The number of thiophene rings is 1. The number of ether oxygens (including phenoxy) is 1. The fraction of sp³-hybridized carbons (Fsp3) is 0.652. The Hall–Kier alpha value is -1.87. The molecule has 1 amide bonds. The van der Waals surface area contributed by atoms with Gasteiger partial charge in [0.15, 0.2) is 5.16 Å². The summed E-state index contributed by atoms with van der Waals surface area (Å²) in [4.78, 5) is 26.3. The zero-order chi connectivity index (χ0) is 22.7. The van der Waals surface area contributed by atoms with Gasteiger partial charge >= 0.3 is 5.97 Å². The fourth-order valence-electron chi connectivity index (χ4n) is 4.75. The second-order valence-corrected chi connectivity index (χ2v) is 11.1. The Balaban J connectivity index is 1.39. The third-order valence-corrected chi connectivity index (χ3v) is 8.80. The van der Waals surface area contributed by atoms with Crippen LogP contribution >= 0.6 is 23.1 Å². The van der Waals surface area contributed by atoms with Crippen LogP contribution in [-0.2, 0) is 35.8 Å². The first-order valence-corrected chi connectivity index (χ1v) is 13.3. The number of nitrogens with one attached hydrogen (secondary N) is 1. The standard InChI is InChI=1S/C23H32N4O3S2/c1-14-9-10-16-17(11-14)32-21(20(16)22(29)30-3)24-19(28)13-31-23-26-25-18(27(23)2)12-15-7-5-4-6-8-15/h14-15H,4-13H2,1-3H3,(H,24,28). The molecule has 1 atom stereocenters. The molecule has 2 aliphatic carbocycles. The number of nitrogens with zero attached hydrogens (tertiary/aromatic N) is 3. The van der Waals surface area contributed by atoms with E-state index < -0.39 is 0 Å². The average Bonchev–Trinajstić information content (AvgIpc) is 3.31. The highest BCUT2D eigenvalue weighted by atomic mass is 32.2. The Morgan fingerprint density at radius 1 is 1.22 bits per heavy atom. The van der Waals surface area contributed by atoms with Gasteiger partial charge in [0.25, 0.3) is 0 Å². The molecule has 1 N–H and O–H groups in total. The van der Waals surface area contributed by atoms with Crippen LogP contribution in [-0.4, -0.2) is 39.5 Å². The lowest BCUT2D eigenvalue weighted by Crippen LogP contribution is -2.17. The van der Waals surface area contributed by atoms with Crippen molar-refractivity contribution in [3.8, 4) is 0 Å². The summed E-state index contributed by atoms with van der Waals surface area (Å²) in [6.07, 6.45) is 10.3. The largest absolute Gasteiger partial charge is 0.465 e. The van der Waals surface area contributed by atoms with Gasteiger partial charge in [-0.05, 0) is 36.7 Å². The number of carbonyl (C=O) groups excluding carboxylic acids is 2. The fourth-order valence-corrected chi connectivity index (χ4v) is 6.89. The third kappa shape index (κ3) is 5.20. The van der Waals surface area contributed by atoms with E-state index in [1.807, 2.05) is 11.6 Å². The Labute approximate surface area is 197 Å². The minimum atomic E-state index is -0.374. The van der Waals surface area contributed by atoms with Crippen molar-refractivity contribution in [3.63, 3.8) is 0 Å². The molecule has 174 valence electrons. The highest BCUT2D eigenvalue weighted by molar-refractivity contribution is 7.99. The van der Waals surface area contributed by atoms with Crippen molar-refractivity contribution in [3.05, 3.63) is 21.8 Å². The van der Waals surface area contributed by atoms with E-state index >= 15 is 0 Å². The summed E-state index contributed by atoms with van der Waals surface area (Å²) in [5, 5.41) is 13.0. The second kappa shape index (κ2) is 10.4. The number of amides is 1. The number of thioether (sulfide) groups is 1. The van der Waals surface area contributed by atoms with Gasteiger partial charge in [-0.3, -0.25) is 4.79 Å². The molecule has 2 aliphatic rings. The monoisotopic (exact) mass is 476 g/mol. The molecule has 2 aromatic rings. The molecule has 2 aromatic heterocycles. The lowest BCUT2D eigenvalue weighted by molar-refractivity contribution is -0.113. The number of fused-ring (bicyclic) bond motifs is 1. The van der Waals surface area contributed by atoms with Crippen molar-refractivity contribution in [1.82, 2.24) is 14.8 Å². The van der Waals surface area contributed by atoms with Crippen LogP contribution in [0.5, 0.6) is 0 Å². The number of rotatable bonds is 7. The molecule has 9 heteroatoms. The van der Waals surface area contributed by atoms with Gasteiger partial charge < -0.3 is 14.6 Å². The van der Waals surface area contributed by atoms with Crippen LogP contribution in [0.1, 0.15) is 72.1 Å². The first kappa shape index (κ1) is 23.3. The average molecular weight is 477 g/mol. The zero-order valence-corrected chi connectivity index (χ0v) is 20.7. The van der Waals surface area contributed by atoms with Gasteiger partial charge in [-0.15, -0.1) is 21.5 Å². The molecule has 32 heavy (non-hydrogen) atoms. The minimum Gasteiger partial charge on any atom is -0.465 e. The van der Waals surface area contributed by atoms with E-state index in [0.29, 0.717) is 22.4 Å². The van der Waals surface area contributed by atoms with Crippen molar-refractivity contribution in [2.24, 2.45) is 18.9 Å². The van der Waals surface area contributed by atoms with Crippen molar-refractivity contribution in [1.29, 1.82) is 0 Å².